The number of amides is 1. The zero-order valence-electron chi connectivity index (χ0n) is 11.8. The van der Waals surface area contributed by atoms with Crippen molar-refractivity contribution < 1.29 is 4.79 Å². The van der Waals surface area contributed by atoms with Crippen LogP contribution in [0.4, 0.5) is 17.8 Å². The average Bonchev–Trinajstić information content (AvgIpc) is 2.66. The molecule has 1 aromatic heterocycles. The highest BCUT2D eigenvalue weighted by atomic mass is 16.2. The van der Waals surface area contributed by atoms with Gasteiger partial charge >= 0.3 is 0 Å². The molecule has 3 N–H and O–H groups in total. The third-order valence-electron chi connectivity index (χ3n) is 2.69. The summed E-state index contributed by atoms with van der Waals surface area (Å²) in [5, 5.41) is 8.59. The number of hydrogen-bond donors (Lipinski definition) is 2. The fourth-order valence-electron chi connectivity index (χ4n) is 1.56. The summed E-state index contributed by atoms with van der Waals surface area (Å²) in [7, 11) is 7.20. The summed E-state index contributed by atoms with van der Waals surface area (Å²) in [5.74, 6) is 6.03. The number of nitrogens with two attached hydrogens (primary N) is 1. The number of guanidine groups is 1. The normalized spacial score (nSPS) is 15.1. The van der Waals surface area contributed by atoms with Crippen LogP contribution in [0.2, 0.25) is 0 Å². The number of carbonyl (C=O) groups is 1. The number of hydrogen-bond acceptors (Lipinski definition) is 8. The first-order chi connectivity index (χ1) is 9.31. The molecule has 0 spiro atoms. The molecule has 1 saturated heterocycles. The smallest absolute Gasteiger partial charge is 0.263 e. The van der Waals surface area contributed by atoms with Gasteiger partial charge in [-0.15, -0.1) is 0 Å². The molecule has 1 amide bonds. The van der Waals surface area contributed by atoms with E-state index < -0.39 is 0 Å². The van der Waals surface area contributed by atoms with Crippen molar-refractivity contribution in [1.82, 2.24) is 20.0 Å². The van der Waals surface area contributed by atoms with Crippen molar-refractivity contribution in [3.63, 3.8) is 0 Å². The zero-order valence-corrected chi connectivity index (χ0v) is 11.8. The average molecular weight is 279 g/mol. The fourth-order valence-corrected chi connectivity index (χ4v) is 1.56. The Morgan fingerprint density at radius 2 is 1.60 bits per heavy atom. The highest BCUT2D eigenvalue weighted by Gasteiger charge is 2.34. The van der Waals surface area contributed by atoms with Crippen molar-refractivity contribution in [1.29, 1.82) is 5.41 Å². The van der Waals surface area contributed by atoms with Crippen LogP contribution >= 0.6 is 0 Å². The van der Waals surface area contributed by atoms with Gasteiger partial charge < -0.3 is 9.80 Å². The van der Waals surface area contributed by atoms with Crippen LogP contribution in [0.15, 0.2) is 0 Å². The largest absolute Gasteiger partial charge is 0.347 e. The lowest BCUT2D eigenvalue weighted by molar-refractivity contribution is -0.124. The van der Waals surface area contributed by atoms with Crippen molar-refractivity contribution in [2.24, 2.45) is 5.84 Å². The molecular formula is C10H17N9O. The number of aromatic nitrogens is 3. The van der Waals surface area contributed by atoms with E-state index in [4.69, 9.17) is 11.3 Å². The quantitative estimate of drug-likeness (QED) is 0.505. The molecule has 108 valence electrons. The summed E-state index contributed by atoms with van der Waals surface area (Å²) in [5.41, 5.74) is 0. The molecule has 1 aromatic rings. The molecule has 10 heteroatoms. The Kier molecular flexibility index (Phi) is 3.40. The molecule has 0 saturated carbocycles. The molecule has 1 fully saturated rings. The fraction of sp³-hybridized carbons (Fsp3) is 0.500. The number of anilines is 3. The highest BCUT2D eigenvalue weighted by Crippen LogP contribution is 2.19. The van der Waals surface area contributed by atoms with Crippen molar-refractivity contribution in [2.45, 2.75) is 0 Å². The summed E-state index contributed by atoms with van der Waals surface area (Å²) in [6.07, 6.45) is 0. The Bertz CT molecular complexity index is 529. The Morgan fingerprint density at radius 1 is 1.10 bits per heavy atom. The molecule has 0 atom stereocenters. The zero-order chi connectivity index (χ0) is 15.0. The van der Waals surface area contributed by atoms with Gasteiger partial charge in [-0.1, -0.05) is 0 Å². The molecule has 0 aliphatic carbocycles. The maximum Gasteiger partial charge on any atom is 0.263 e. The van der Waals surface area contributed by atoms with E-state index in [1.54, 1.807) is 38.0 Å². The van der Waals surface area contributed by atoms with Gasteiger partial charge in [0.1, 0.15) is 6.54 Å². The second-order valence-corrected chi connectivity index (χ2v) is 4.70. The van der Waals surface area contributed by atoms with Crippen molar-refractivity contribution in [2.75, 3.05) is 49.4 Å². The van der Waals surface area contributed by atoms with E-state index in [2.05, 4.69) is 15.0 Å². The van der Waals surface area contributed by atoms with Gasteiger partial charge in [-0.3, -0.25) is 15.1 Å². The van der Waals surface area contributed by atoms with E-state index in [-0.39, 0.29) is 24.4 Å². The van der Waals surface area contributed by atoms with Crippen molar-refractivity contribution >= 4 is 29.7 Å². The second-order valence-electron chi connectivity index (χ2n) is 4.70. The minimum atomic E-state index is -0.381. The summed E-state index contributed by atoms with van der Waals surface area (Å²) < 4.78 is 0. The third kappa shape index (κ3) is 2.32. The topological polar surface area (TPSA) is 119 Å². The minimum Gasteiger partial charge on any atom is -0.347 e. The van der Waals surface area contributed by atoms with Gasteiger partial charge in [-0.2, -0.15) is 15.0 Å². The molecule has 1 aliphatic heterocycles. The molecule has 0 bridgehead atoms. The predicted octanol–water partition coefficient (Wildman–Crippen LogP) is -1.54. The summed E-state index contributed by atoms with van der Waals surface area (Å²) in [6, 6.07) is 0. The maximum atomic E-state index is 11.5. The molecule has 0 aromatic carbocycles. The van der Waals surface area contributed by atoms with Crippen LogP contribution in [0.3, 0.4) is 0 Å². The SMILES string of the molecule is CN(C)c1nc(N(C)C)nc(N2CC(=O)N(N)C2=N)n1. The van der Waals surface area contributed by atoms with Gasteiger partial charge in [0.05, 0.1) is 0 Å². The molecule has 2 rings (SSSR count). The van der Waals surface area contributed by atoms with Crippen molar-refractivity contribution in [3.8, 4) is 0 Å². The standard InChI is InChI=1S/C10H17N9O/c1-16(2)8-13-9(17(3)4)15-10(14-8)18-5-6(20)19(12)7(18)11/h11H,5,12H2,1-4H3. The molecule has 1 aliphatic rings. The van der Waals surface area contributed by atoms with Gasteiger partial charge in [0.15, 0.2) is 0 Å². The molecule has 0 unspecified atom stereocenters. The van der Waals surface area contributed by atoms with Crippen LogP contribution < -0.4 is 20.5 Å². The Morgan fingerprint density at radius 3 is 1.95 bits per heavy atom. The van der Waals surface area contributed by atoms with E-state index in [9.17, 15) is 4.79 Å². The number of carbonyl (C=O) groups excluding carboxylic acids is 1. The summed E-state index contributed by atoms with van der Waals surface area (Å²) in [4.78, 5) is 29.1. The van der Waals surface area contributed by atoms with E-state index in [0.717, 1.165) is 5.01 Å². The van der Waals surface area contributed by atoms with E-state index >= 15 is 0 Å². The molecule has 20 heavy (non-hydrogen) atoms. The Labute approximate surface area is 116 Å². The lowest BCUT2D eigenvalue weighted by Crippen LogP contribution is -2.39. The molecular weight excluding hydrogens is 262 g/mol. The van der Waals surface area contributed by atoms with Crippen LogP contribution in [0.1, 0.15) is 0 Å². The summed E-state index contributed by atoms with van der Waals surface area (Å²) >= 11 is 0. The van der Waals surface area contributed by atoms with E-state index in [1.807, 2.05) is 0 Å². The summed E-state index contributed by atoms with van der Waals surface area (Å²) in [6.45, 7) is -0.0565. The first-order valence-corrected chi connectivity index (χ1v) is 5.85. The lowest BCUT2D eigenvalue weighted by atomic mass is 10.6. The van der Waals surface area contributed by atoms with Crippen LogP contribution in [-0.2, 0) is 4.79 Å². The Hall–Kier alpha value is -2.49. The van der Waals surface area contributed by atoms with Gasteiger partial charge in [0, 0.05) is 28.2 Å². The minimum absolute atomic E-state index is 0.0565. The maximum absolute atomic E-state index is 11.5. The molecule has 2 heterocycles. The third-order valence-corrected chi connectivity index (χ3v) is 2.69. The number of nitrogens with zero attached hydrogens (tertiary/aromatic N) is 7. The van der Waals surface area contributed by atoms with Gasteiger partial charge in [0.2, 0.25) is 23.8 Å². The monoisotopic (exact) mass is 279 g/mol. The van der Waals surface area contributed by atoms with Gasteiger partial charge in [-0.25, -0.2) is 10.9 Å². The van der Waals surface area contributed by atoms with E-state index in [1.165, 1.54) is 4.90 Å². The molecule has 0 radical (unpaired) electrons. The lowest BCUT2D eigenvalue weighted by Gasteiger charge is -2.20. The first kappa shape index (κ1) is 13.9. The van der Waals surface area contributed by atoms with E-state index in [0.29, 0.717) is 11.9 Å². The van der Waals surface area contributed by atoms with Gasteiger partial charge in [-0.05, 0) is 0 Å². The van der Waals surface area contributed by atoms with Crippen LogP contribution in [0, 0.1) is 5.41 Å². The van der Waals surface area contributed by atoms with Gasteiger partial charge in [0.25, 0.3) is 5.91 Å². The molecule has 10 nitrogen and oxygen atoms in total. The first-order valence-electron chi connectivity index (χ1n) is 5.85. The Balaban J connectivity index is 2.46. The second kappa shape index (κ2) is 4.89. The number of nitrogens with one attached hydrogen (secondary N) is 1. The number of rotatable bonds is 3. The van der Waals surface area contributed by atoms with Crippen LogP contribution in [-0.4, -0.2) is 66.6 Å². The number of hydrazine groups is 1. The van der Waals surface area contributed by atoms with Crippen LogP contribution in [0.5, 0.6) is 0 Å². The predicted molar refractivity (Wildman–Crippen MR) is 74.6 cm³/mol. The van der Waals surface area contributed by atoms with Crippen LogP contribution in [0.25, 0.3) is 0 Å². The highest BCUT2D eigenvalue weighted by molar-refractivity contribution is 6.11. The van der Waals surface area contributed by atoms with Crippen molar-refractivity contribution in [3.05, 3.63) is 0 Å².